The zero-order valence-electron chi connectivity index (χ0n) is 8.22. The van der Waals surface area contributed by atoms with E-state index in [1.165, 1.54) is 0 Å². The van der Waals surface area contributed by atoms with Gasteiger partial charge < -0.3 is 5.32 Å². The molecule has 0 fully saturated rings. The van der Waals surface area contributed by atoms with Crippen molar-refractivity contribution < 1.29 is 0 Å². The molecule has 1 aromatic carbocycles. The molecule has 7 heteroatoms. The van der Waals surface area contributed by atoms with Crippen LogP contribution in [-0.2, 0) is 0 Å². The van der Waals surface area contributed by atoms with E-state index in [1.54, 1.807) is 24.3 Å². The lowest BCUT2D eigenvalue weighted by molar-refractivity contribution is 1.03. The summed E-state index contributed by atoms with van der Waals surface area (Å²) >= 11 is 23.4. The Hall–Kier alpha value is -0.740. The summed E-state index contributed by atoms with van der Waals surface area (Å²) in [6, 6.07) is 6.62. The molecule has 1 aromatic heterocycles. The van der Waals surface area contributed by atoms with Crippen LogP contribution in [0.5, 0.6) is 0 Å². The van der Waals surface area contributed by atoms with Crippen molar-refractivity contribution in [3.63, 3.8) is 0 Å². The van der Waals surface area contributed by atoms with Gasteiger partial charge in [-0.3, -0.25) is 0 Å². The number of aromatic nitrogens is 2. The van der Waals surface area contributed by atoms with E-state index in [9.17, 15) is 0 Å². The summed E-state index contributed by atoms with van der Waals surface area (Å²) < 4.78 is 0. The van der Waals surface area contributed by atoms with Gasteiger partial charge in [0.2, 0.25) is 0 Å². The van der Waals surface area contributed by atoms with E-state index < -0.39 is 0 Å². The highest BCUT2D eigenvalue weighted by atomic mass is 35.5. The van der Waals surface area contributed by atoms with Crippen LogP contribution in [-0.4, -0.2) is 10.2 Å². The summed E-state index contributed by atoms with van der Waals surface area (Å²) in [7, 11) is 0. The quantitative estimate of drug-likeness (QED) is 0.863. The Morgan fingerprint density at radius 2 is 1.65 bits per heavy atom. The van der Waals surface area contributed by atoms with Crippen LogP contribution < -0.4 is 5.32 Å². The second kappa shape index (κ2) is 5.27. The average molecular weight is 309 g/mol. The third-order valence-electron chi connectivity index (χ3n) is 1.92. The molecule has 3 nitrogen and oxygen atoms in total. The minimum Gasteiger partial charge on any atom is -0.352 e. The summed E-state index contributed by atoms with van der Waals surface area (Å²) in [5, 5.41) is 11.8. The van der Waals surface area contributed by atoms with Gasteiger partial charge in [-0.25, -0.2) is 0 Å². The summed E-state index contributed by atoms with van der Waals surface area (Å²) in [4.78, 5) is 0. The molecule has 0 saturated carbocycles. The Balaban J connectivity index is 2.34. The van der Waals surface area contributed by atoms with Crippen molar-refractivity contribution in [2.45, 2.75) is 0 Å². The first-order valence-electron chi connectivity index (χ1n) is 4.47. The van der Waals surface area contributed by atoms with Crippen molar-refractivity contribution >= 4 is 57.8 Å². The van der Waals surface area contributed by atoms with Gasteiger partial charge in [0.15, 0.2) is 10.3 Å². The number of nitrogens with one attached hydrogen (secondary N) is 1. The molecule has 0 aliphatic rings. The highest BCUT2D eigenvalue weighted by Crippen LogP contribution is 2.31. The van der Waals surface area contributed by atoms with Crippen LogP contribution in [0.3, 0.4) is 0 Å². The third-order valence-corrected chi connectivity index (χ3v) is 2.93. The lowest BCUT2D eigenvalue weighted by Crippen LogP contribution is -1.95. The smallest absolute Gasteiger partial charge is 0.175 e. The molecule has 17 heavy (non-hydrogen) atoms. The Morgan fingerprint density at radius 1 is 0.882 bits per heavy atom. The molecular formula is C10H5Cl4N3. The predicted molar refractivity (Wildman–Crippen MR) is 71.8 cm³/mol. The molecule has 0 spiro atoms. The van der Waals surface area contributed by atoms with Crippen molar-refractivity contribution in [2.75, 3.05) is 5.32 Å². The predicted octanol–water partition coefficient (Wildman–Crippen LogP) is 4.83. The van der Waals surface area contributed by atoms with E-state index in [0.29, 0.717) is 21.4 Å². The first-order chi connectivity index (χ1) is 8.06. The van der Waals surface area contributed by atoms with Crippen LogP contribution in [0.25, 0.3) is 0 Å². The first kappa shape index (κ1) is 12.7. The Morgan fingerprint density at radius 3 is 2.35 bits per heavy atom. The zero-order chi connectivity index (χ0) is 12.4. The fraction of sp³-hybridized carbons (Fsp3) is 0. The maximum Gasteiger partial charge on any atom is 0.175 e. The van der Waals surface area contributed by atoms with Crippen molar-refractivity contribution in [3.8, 4) is 0 Å². The largest absolute Gasteiger partial charge is 0.352 e. The molecule has 0 aliphatic carbocycles. The SMILES string of the molecule is Clc1ccc(Nc2cc(Cl)nnc2Cl)c(Cl)c1. The lowest BCUT2D eigenvalue weighted by Gasteiger charge is -2.09. The zero-order valence-corrected chi connectivity index (χ0v) is 11.2. The molecule has 2 aromatic rings. The number of anilines is 2. The second-order valence-electron chi connectivity index (χ2n) is 3.12. The Labute approximate surface area is 118 Å². The van der Waals surface area contributed by atoms with E-state index in [-0.39, 0.29) is 10.3 Å². The van der Waals surface area contributed by atoms with Crippen LogP contribution >= 0.6 is 46.4 Å². The summed E-state index contributed by atoms with van der Waals surface area (Å²) in [6.07, 6.45) is 0. The van der Waals surface area contributed by atoms with E-state index in [0.717, 1.165) is 0 Å². The molecule has 0 amide bonds. The standard InChI is InChI=1S/C10H5Cl4N3/c11-5-1-2-7(6(12)3-5)15-8-4-9(13)16-17-10(8)14/h1-4H,(H,15,16). The number of nitrogens with zero attached hydrogens (tertiary/aromatic N) is 2. The van der Waals surface area contributed by atoms with Gasteiger partial charge in [0.1, 0.15) is 0 Å². The lowest BCUT2D eigenvalue weighted by atomic mass is 10.3. The van der Waals surface area contributed by atoms with Gasteiger partial charge in [0, 0.05) is 11.1 Å². The third kappa shape index (κ3) is 3.13. The maximum absolute atomic E-state index is 6.01. The normalized spacial score (nSPS) is 10.4. The molecule has 0 aliphatic heterocycles. The van der Waals surface area contributed by atoms with Gasteiger partial charge in [-0.2, -0.15) is 0 Å². The highest BCUT2D eigenvalue weighted by molar-refractivity contribution is 6.37. The molecule has 88 valence electrons. The van der Waals surface area contributed by atoms with Gasteiger partial charge in [0.25, 0.3) is 0 Å². The van der Waals surface area contributed by atoms with Crippen LogP contribution in [0, 0.1) is 0 Å². The van der Waals surface area contributed by atoms with Crippen molar-refractivity contribution in [2.24, 2.45) is 0 Å². The molecule has 0 bridgehead atoms. The minimum absolute atomic E-state index is 0.209. The van der Waals surface area contributed by atoms with Crippen molar-refractivity contribution in [1.29, 1.82) is 0 Å². The molecule has 1 N–H and O–H groups in total. The first-order valence-corrected chi connectivity index (χ1v) is 5.98. The highest BCUT2D eigenvalue weighted by Gasteiger charge is 2.07. The topological polar surface area (TPSA) is 37.8 Å². The van der Waals surface area contributed by atoms with Crippen molar-refractivity contribution in [1.82, 2.24) is 10.2 Å². The molecule has 0 atom stereocenters. The number of halogens is 4. The number of hydrogen-bond acceptors (Lipinski definition) is 3. The summed E-state index contributed by atoms with van der Waals surface area (Å²) in [6.45, 7) is 0. The molecular weight excluding hydrogens is 304 g/mol. The Kier molecular flexibility index (Phi) is 3.94. The monoisotopic (exact) mass is 307 g/mol. The molecule has 0 radical (unpaired) electrons. The number of rotatable bonds is 2. The van der Waals surface area contributed by atoms with Gasteiger partial charge in [-0.1, -0.05) is 46.4 Å². The molecule has 0 saturated heterocycles. The fourth-order valence-corrected chi connectivity index (χ4v) is 1.92. The second-order valence-corrected chi connectivity index (χ2v) is 4.71. The van der Waals surface area contributed by atoms with E-state index >= 15 is 0 Å². The minimum atomic E-state index is 0.209. The maximum atomic E-state index is 6.01. The Bertz CT molecular complexity index is 559. The molecule has 1 heterocycles. The van der Waals surface area contributed by atoms with E-state index in [1.807, 2.05) is 0 Å². The average Bonchev–Trinajstić information content (AvgIpc) is 2.27. The summed E-state index contributed by atoms with van der Waals surface area (Å²) in [5.41, 5.74) is 1.18. The number of benzene rings is 1. The van der Waals surface area contributed by atoms with Gasteiger partial charge >= 0.3 is 0 Å². The van der Waals surface area contributed by atoms with E-state index in [4.69, 9.17) is 46.4 Å². The summed E-state index contributed by atoms with van der Waals surface area (Å²) in [5.74, 6) is 0. The van der Waals surface area contributed by atoms with Crippen LogP contribution in [0.4, 0.5) is 11.4 Å². The van der Waals surface area contributed by atoms with Gasteiger partial charge in [0.05, 0.1) is 16.4 Å². The van der Waals surface area contributed by atoms with Gasteiger partial charge in [-0.05, 0) is 18.2 Å². The van der Waals surface area contributed by atoms with Gasteiger partial charge in [-0.15, -0.1) is 10.2 Å². The van der Waals surface area contributed by atoms with Crippen molar-refractivity contribution in [3.05, 3.63) is 44.6 Å². The van der Waals surface area contributed by atoms with E-state index in [2.05, 4.69) is 15.5 Å². The fourth-order valence-electron chi connectivity index (χ4n) is 1.18. The van der Waals surface area contributed by atoms with Crippen LogP contribution in [0.2, 0.25) is 20.4 Å². The van der Waals surface area contributed by atoms with Crippen LogP contribution in [0.1, 0.15) is 0 Å². The number of hydrogen-bond donors (Lipinski definition) is 1. The van der Waals surface area contributed by atoms with Crippen LogP contribution in [0.15, 0.2) is 24.3 Å². The molecule has 2 rings (SSSR count). The molecule has 0 unspecified atom stereocenters.